The van der Waals surface area contributed by atoms with Gasteiger partial charge in [-0.3, -0.25) is 9.59 Å². The van der Waals surface area contributed by atoms with Gasteiger partial charge < -0.3 is 16.8 Å². The number of fused-ring (bicyclic) bond motifs is 2. The van der Waals surface area contributed by atoms with Crippen molar-refractivity contribution in [1.82, 2.24) is 0 Å². The van der Waals surface area contributed by atoms with Crippen LogP contribution in [0.1, 0.15) is 48.0 Å². The Morgan fingerprint density at radius 2 is 1.83 bits per heavy atom. The lowest BCUT2D eigenvalue weighted by atomic mass is 9.65. The van der Waals surface area contributed by atoms with Crippen LogP contribution in [0.15, 0.2) is 18.2 Å². The third-order valence-corrected chi connectivity index (χ3v) is 5.54. The topological polar surface area (TPSA) is 98.2 Å². The van der Waals surface area contributed by atoms with Crippen LogP contribution < -0.4 is 16.8 Å². The highest BCUT2D eigenvalue weighted by Gasteiger charge is 2.40. The lowest BCUT2D eigenvalue weighted by Gasteiger charge is -2.43. The number of nitrogens with two attached hydrogens (primary N) is 2. The summed E-state index contributed by atoms with van der Waals surface area (Å²) in [6.07, 6.45) is 5.32. The van der Waals surface area contributed by atoms with Gasteiger partial charge in [0.1, 0.15) is 0 Å². The maximum Gasteiger partial charge on any atom is 0.248 e. The van der Waals surface area contributed by atoms with Gasteiger partial charge >= 0.3 is 0 Å². The zero-order chi connectivity index (χ0) is 16.6. The third-order valence-electron chi connectivity index (χ3n) is 5.54. The summed E-state index contributed by atoms with van der Waals surface area (Å²) in [7, 11) is 0. The SMILES string of the molecule is Cc1cc(NC(=O)C2CC3CCCC(C2)C3N)ccc1C(N)=O. The molecule has 2 aliphatic rings. The minimum absolute atomic E-state index is 0.0428. The summed E-state index contributed by atoms with van der Waals surface area (Å²) < 4.78 is 0. The van der Waals surface area contributed by atoms with E-state index in [1.54, 1.807) is 18.2 Å². The molecule has 2 saturated carbocycles. The Balaban J connectivity index is 1.68. The number of anilines is 1. The Morgan fingerprint density at radius 3 is 2.39 bits per heavy atom. The molecule has 2 atom stereocenters. The van der Waals surface area contributed by atoms with Crippen molar-refractivity contribution in [1.29, 1.82) is 0 Å². The first-order valence-electron chi connectivity index (χ1n) is 8.42. The molecule has 1 aromatic rings. The van der Waals surface area contributed by atoms with E-state index < -0.39 is 5.91 Å². The van der Waals surface area contributed by atoms with Crippen LogP contribution in [0.25, 0.3) is 0 Å². The molecule has 0 radical (unpaired) electrons. The zero-order valence-corrected chi connectivity index (χ0v) is 13.5. The van der Waals surface area contributed by atoms with E-state index >= 15 is 0 Å². The molecule has 0 spiro atoms. The van der Waals surface area contributed by atoms with Crippen molar-refractivity contribution in [2.45, 2.75) is 45.1 Å². The number of benzene rings is 1. The van der Waals surface area contributed by atoms with E-state index in [1.807, 2.05) is 6.92 Å². The monoisotopic (exact) mass is 315 g/mol. The van der Waals surface area contributed by atoms with Gasteiger partial charge in [-0.1, -0.05) is 6.42 Å². The number of carbonyl (C=O) groups is 2. The fourth-order valence-electron chi connectivity index (χ4n) is 4.27. The summed E-state index contributed by atoms with van der Waals surface area (Å²) in [5, 5.41) is 2.99. The highest BCUT2D eigenvalue weighted by atomic mass is 16.2. The minimum atomic E-state index is -0.450. The second kappa shape index (κ2) is 6.32. The summed E-state index contributed by atoms with van der Waals surface area (Å²) in [6, 6.07) is 5.47. The summed E-state index contributed by atoms with van der Waals surface area (Å²) in [4.78, 5) is 23.9. The first-order chi connectivity index (χ1) is 11.0. The van der Waals surface area contributed by atoms with Crippen molar-refractivity contribution >= 4 is 17.5 Å². The van der Waals surface area contributed by atoms with Gasteiger partial charge in [0.2, 0.25) is 11.8 Å². The highest BCUT2D eigenvalue weighted by Crippen LogP contribution is 2.42. The van der Waals surface area contributed by atoms with Crippen LogP contribution in [-0.2, 0) is 4.79 Å². The number of hydrogen-bond acceptors (Lipinski definition) is 3. The third kappa shape index (κ3) is 3.24. The number of hydrogen-bond donors (Lipinski definition) is 3. The quantitative estimate of drug-likeness (QED) is 0.797. The lowest BCUT2D eigenvalue weighted by Crippen LogP contribution is -2.48. The van der Waals surface area contributed by atoms with E-state index in [-0.39, 0.29) is 17.9 Å². The van der Waals surface area contributed by atoms with E-state index in [1.165, 1.54) is 6.42 Å². The van der Waals surface area contributed by atoms with Crippen molar-refractivity contribution < 1.29 is 9.59 Å². The molecular formula is C18H25N3O2. The van der Waals surface area contributed by atoms with Crippen LogP contribution in [0, 0.1) is 24.7 Å². The van der Waals surface area contributed by atoms with Gasteiger partial charge in [-0.25, -0.2) is 0 Å². The van der Waals surface area contributed by atoms with Gasteiger partial charge in [0.05, 0.1) is 0 Å². The zero-order valence-electron chi connectivity index (χ0n) is 13.5. The molecule has 2 aliphatic carbocycles. The predicted molar refractivity (Wildman–Crippen MR) is 89.9 cm³/mol. The van der Waals surface area contributed by atoms with Crippen molar-refractivity contribution in [3.8, 4) is 0 Å². The Kier molecular flexibility index (Phi) is 4.39. The predicted octanol–water partition coefficient (Wildman–Crippen LogP) is 2.19. The van der Waals surface area contributed by atoms with Gasteiger partial charge in [0.25, 0.3) is 0 Å². The Labute approximate surface area is 136 Å². The molecule has 2 unspecified atom stereocenters. The average molecular weight is 315 g/mol. The molecule has 0 heterocycles. The van der Waals surface area contributed by atoms with E-state index in [9.17, 15) is 9.59 Å². The highest BCUT2D eigenvalue weighted by molar-refractivity contribution is 5.96. The lowest BCUT2D eigenvalue weighted by molar-refractivity contribution is -0.122. The summed E-state index contributed by atoms with van der Waals surface area (Å²) in [6.45, 7) is 1.82. The first kappa shape index (κ1) is 16.0. The van der Waals surface area contributed by atoms with E-state index in [0.717, 1.165) is 36.9 Å². The fourth-order valence-corrected chi connectivity index (χ4v) is 4.27. The van der Waals surface area contributed by atoms with Crippen molar-refractivity contribution in [2.24, 2.45) is 29.2 Å². The maximum absolute atomic E-state index is 12.6. The maximum atomic E-state index is 12.6. The molecule has 3 rings (SSSR count). The van der Waals surface area contributed by atoms with Crippen LogP contribution in [0.4, 0.5) is 5.69 Å². The van der Waals surface area contributed by atoms with E-state index in [4.69, 9.17) is 11.5 Å². The van der Waals surface area contributed by atoms with Crippen LogP contribution in [0.3, 0.4) is 0 Å². The molecule has 0 saturated heterocycles. The van der Waals surface area contributed by atoms with E-state index in [0.29, 0.717) is 17.4 Å². The second-order valence-electron chi connectivity index (χ2n) is 7.08. The largest absolute Gasteiger partial charge is 0.366 e. The van der Waals surface area contributed by atoms with Gasteiger partial charge in [-0.15, -0.1) is 0 Å². The molecule has 2 bridgehead atoms. The van der Waals surface area contributed by atoms with Crippen LogP contribution in [0.5, 0.6) is 0 Å². The smallest absolute Gasteiger partial charge is 0.248 e. The Bertz CT molecular complexity index is 615. The standard InChI is InChI=1S/C18H25N3O2/c1-10-7-14(5-6-15(10)17(20)22)21-18(23)13-8-11-3-2-4-12(9-13)16(11)19/h5-7,11-13,16H,2-4,8-9,19H2,1H3,(H2,20,22)(H,21,23). The van der Waals surface area contributed by atoms with Crippen LogP contribution >= 0.6 is 0 Å². The summed E-state index contributed by atoms with van der Waals surface area (Å²) in [5.74, 6) is 0.630. The number of carbonyl (C=O) groups excluding carboxylic acids is 2. The van der Waals surface area contributed by atoms with Crippen LogP contribution in [0.2, 0.25) is 0 Å². The molecule has 1 aromatic carbocycles. The van der Waals surface area contributed by atoms with E-state index in [2.05, 4.69) is 5.32 Å². The number of rotatable bonds is 3. The molecule has 0 aromatic heterocycles. The van der Waals surface area contributed by atoms with Crippen LogP contribution in [-0.4, -0.2) is 17.9 Å². The van der Waals surface area contributed by atoms with Gasteiger partial charge in [0.15, 0.2) is 0 Å². The molecule has 0 aliphatic heterocycles. The molecule has 5 N–H and O–H groups in total. The van der Waals surface area contributed by atoms with Crippen molar-refractivity contribution in [3.63, 3.8) is 0 Å². The Hall–Kier alpha value is -1.88. The second-order valence-corrected chi connectivity index (χ2v) is 7.08. The number of primary amides is 1. The van der Waals surface area contributed by atoms with Crippen molar-refractivity contribution in [3.05, 3.63) is 29.3 Å². The minimum Gasteiger partial charge on any atom is -0.366 e. The average Bonchev–Trinajstić information content (AvgIpc) is 2.46. The molecule has 23 heavy (non-hydrogen) atoms. The molecule has 5 heteroatoms. The normalized spacial score (nSPS) is 29.8. The Morgan fingerprint density at radius 1 is 1.17 bits per heavy atom. The summed E-state index contributed by atoms with van der Waals surface area (Å²) in [5.41, 5.74) is 13.6. The number of amides is 2. The first-order valence-corrected chi connectivity index (χ1v) is 8.42. The van der Waals surface area contributed by atoms with Gasteiger partial charge in [0, 0.05) is 23.2 Å². The molecule has 2 fully saturated rings. The van der Waals surface area contributed by atoms with Gasteiger partial charge in [-0.2, -0.15) is 0 Å². The number of aryl methyl sites for hydroxylation is 1. The summed E-state index contributed by atoms with van der Waals surface area (Å²) >= 11 is 0. The van der Waals surface area contributed by atoms with Gasteiger partial charge in [-0.05, 0) is 68.2 Å². The fraction of sp³-hybridized carbons (Fsp3) is 0.556. The molecular weight excluding hydrogens is 290 g/mol. The molecule has 5 nitrogen and oxygen atoms in total. The number of nitrogens with one attached hydrogen (secondary N) is 1. The molecule has 2 amide bonds. The molecule has 124 valence electrons. The van der Waals surface area contributed by atoms with Crippen molar-refractivity contribution in [2.75, 3.05) is 5.32 Å².